The molecular weight excluding hydrogens is 221 g/mol. The second kappa shape index (κ2) is 4.69. The molecule has 0 radical (unpaired) electrons. The van der Waals surface area contributed by atoms with Gasteiger partial charge in [0, 0.05) is 23.8 Å². The van der Waals surface area contributed by atoms with Crippen molar-refractivity contribution in [3.8, 4) is 0 Å². The number of halogens is 1. The van der Waals surface area contributed by atoms with Gasteiger partial charge < -0.3 is 5.32 Å². The maximum absolute atomic E-state index is 12.9. The van der Waals surface area contributed by atoms with Crippen molar-refractivity contribution in [3.63, 3.8) is 0 Å². The Labute approximate surface area is 97.5 Å². The van der Waals surface area contributed by atoms with Gasteiger partial charge in [-0.25, -0.2) is 4.39 Å². The van der Waals surface area contributed by atoms with Crippen LogP contribution in [-0.4, -0.2) is 15.9 Å². The molecule has 1 amide bonds. The molecule has 0 aliphatic heterocycles. The van der Waals surface area contributed by atoms with E-state index in [1.165, 1.54) is 6.20 Å². The third kappa shape index (κ3) is 2.84. The summed E-state index contributed by atoms with van der Waals surface area (Å²) in [5, 5.41) is 2.64. The first-order valence-corrected chi connectivity index (χ1v) is 5.00. The third-order valence-electron chi connectivity index (χ3n) is 2.12. The summed E-state index contributed by atoms with van der Waals surface area (Å²) in [6.45, 7) is 1.82. The van der Waals surface area contributed by atoms with Crippen molar-refractivity contribution in [2.45, 2.75) is 6.92 Å². The summed E-state index contributed by atoms with van der Waals surface area (Å²) in [5.74, 6) is -0.939. The molecule has 0 fully saturated rings. The van der Waals surface area contributed by atoms with Crippen LogP contribution in [0.4, 0.5) is 10.1 Å². The van der Waals surface area contributed by atoms with E-state index in [4.69, 9.17) is 0 Å². The fraction of sp³-hybridized carbons (Fsp3) is 0.0833. The second-order valence-corrected chi connectivity index (χ2v) is 3.53. The highest BCUT2D eigenvalue weighted by atomic mass is 19.1. The molecule has 0 unspecified atom stereocenters. The molecule has 0 aromatic carbocycles. The van der Waals surface area contributed by atoms with Gasteiger partial charge >= 0.3 is 0 Å². The average Bonchev–Trinajstić information content (AvgIpc) is 2.29. The number of amides is 1. The standard InChI is InChI=1S/C12H10FN3O/c1-8-4-11(2-3-15-8)16-12(17)9-5-10(13)7-14-6-9/h2-7H,1H3,(H,15,16,17). The van der Waals surface area contributed by atoms with Gasteiger partial charge in [-0.3, -0.25) is 14.8 Å². The van der Waals surface area contributed by atoms with Crippen LogP contribution in [0.2, 0.25) is 0 Å². The van der Waals surface area contributed by atoms with Crippen molar-refractivity contribution in [3.05, 3.63) is 53.9 Å². The summed E-state index contributed by atoms with van der Waals surface area (Å²) in [4.78, 5) is 19.4. The molecule has 0 spiro atoms. The average molecular weight is 231 g/mol. The van der Waals surface area contributed by atoms with Crippen molar-refractivity contribution in [1.29, 1.82) is 0 Å². The number of hydrogen-bond donors (Lipinski definition) is 1. The molecule has 5 heteroatoms. The van der Waals surface area contributed by atoms with Crippen LogP contribution in [0.15, 0.2) is 36.8 Å². The second-order valence-electron chi connectivity index (χ2n) is 3.53. The van der Waals surface area contributed by atoms with Crippen molar-refractivity contribution < 1.29 is 9.18 Å². The molecule has 0 saturated carbocycles. The summed E-state index contributed by atoms with van der Waals surface area (Å²) in [5.41, 5.74) is 1.59. The van der Waals surface area contributed by atoms with E-state index in [2.05, 4.69) is 15.3 Å². The van der Waals surface area contributed by atoms with E-state index in [1.54, 1.807) is 18.3 Å². The summed E-state index contributed by atoms with van der Waals surface area (Å²) < 4.78 is 12.9. The molecule has 0 aliphatic carbocycles. The summed E-state index contributed by atoms with van der Waals surface area (Å²) in [6, 6.07) is 4.53. The van der Waals surface area contributed by atoms with Gasteiger partial charge in [0.2, 0.25) is 0 Å². The summed E-state index contributed by atoms with van der Waals surface area (Å²) >= 11 is 0. The number of rotatable bonds is 2. The Bertz CT molecular complexity index is 557. The van der Waals surface area contributed by atoms with Gasteiger partial charge in [0.15, 0.2) is 0 Å². The Hall–Kier alpha value is -2.30. The maximum atomic E-state index is 12.9. The lowest BCUT2D eigenvalue weighted by molar-refractivity contribution is 0.102. The van der Waals surface area contributed by atoms with Crippen molar-refractivity contribution >= 4 is 11.6 Å². The van der Waals surface area contributed by atoms with Crippen LogP contribution in [0.5, 0.6) is 0 Å². The molecule has 2 heterocycles. The molecule has 0 bridgehead atoms. The minimum Gasteiger partial charge on any atom is -0.322 e. The van der Waals surface area contributed by atoms with E-state index in [0.29, 0.717) is 5.69 Å². The van der Waals surface area contributed by atoms with Crippen LogP contribution < -0.4 is 5.32 Å². The minimum absolute atomic E-state index is 0.180. The Morgan fingerprint density at radius 3 is 2.88 bits per heavy atom. The molecule has 2 aromatic heterocycles. The lowest BCUT2D eigenvalue weighted by atomic mass is 10.2. The van der Waals surface area contributed by atoms with Gasteiger partial charge in [0.25, 0.3) is 5.91 Å². The number of aryl methyl sites for hydroxylation is 1. The van der Waals surface area contributed by atoms with Gasteiger partial charge in [-0.05, 0) is 25.1 Å². The van der Waals surface area contributed by atoms with Gasteiger partial charge in [-0.1, -0.05) is 0 Å². The molecule has 1 N–H and O–H groups in total. The molecular formula is C12H10FN3O. The normalized spacial score (nSPS) is 10.0. The third-order valence-corrected chi connectivity index (χ3v) is 2.12. The lowest BCUT2D eigenvalue weighted by Gasteiger charge is -2.05. The smallest absolute Gasteiger partial charge is 0.257 e. The van der Waals surface area contributed by atoms with Crippen LogP contribution in [0.3, 0.4) is 0 Å². The maximum Gasteiger partial charge on any atom is 0.257 e. The predicted octanol–water partition coefficient (Wildman–Crippen LogP) is 2.18. The topological polar surface area (TPSA) is 54.9 Å². The SMILES string of the molecule is Cc1cc(NC(=O)c2cncc(F)c2)ccn1. The molecule has 17 heavy (non-hydrogen) atoms. The zero-order valence-corrected chi connectivity index (χ0v) is 9.14. The van der Waals surface area contributed by atoms with Gasteiger partial charge in [0.1, 0.15) is 5.82 Å². The predicted molar refractivity (Wildman–Crippen MR) is 61.1 cm³/mol. The number of nitrogens with zero attached hydrogens (tertiary/aromatic N) is 2. The van der Waals surface area contributed by atoms with E-state index in [1.807, 2.05) is 6.92 Å². The van der Waals surface area contributed by atoms with Crippen LogP contribution in [0.1, 0.15) is 16.1 Å². The molecule has 0 saturated heterocycles. The van der Waals surface area contributed by atoms with Crippen LogP contribution in [0.25, 0.3) is 0 Å². The van der Waals surface area contributed by atoms with E-state index < -0.39 is 11.7 Å². The number of nitrogens with one attached hydrogen (secondary N) is 1. The number of hydrogen-bond acceptors (Lipinski definition) is 3. The molecule has 4 nitrogen and oxygen atoms in total. The highest BCUT2D eigenvalue weighted by Crippen LogP contribution is 2.09. The fourth-order valence-electron chi connectivity index (χ4n) is 1.36. The summed E-state index contributed by atoms with van der Waals surface area (Å²) in [6.07, 6.45) is 3.95. The Morgan fingerprint density at radius 1 is 1.35 bits per heavy atom. The highest BCUT2D eigenvalue weighted by molar-refractivity contribution is 6.04. The molecule has 0 atom stereocenters. The van der Waals surface area contributed by atoms with E-state index in [0.717, 1.165) is 18.0 Å². The number of anilines is 1. The van der Waals surface area contributed by atoms with Gasteiger partial charge in [0.05, 0.1) is 11.8 Å². The Morgan fingerprint density at radius 2 is 2.18 bits per heavy atom. The Balaban J connectivity index is 2.17. The number of carbonyl (C=O) groups is 1. The van der Waals surface area contributed by atoms with Gasteiger partial charge in [-0.15, -0.1) is 0 Å². The van der Waals surface area contributed by atoms with Crippen LogP contribution >= 0.6 is 0 Å². The zero-order valence-electron chi connectivity index (χ0n) is 9.14. The van der Waals surface area contributed by atoms with E-state index in [-0.39, 0.29) is 5.56 Å². The number of pyridine rings is 2. The van der Waals surface area contributed by atoms with Crippen molar-refractivity contribution in [2.75, 3.05) is 5.32 Å². The van der Waals surface area contributed by atoms with Gasteiger partial charge in [-0.2, -0.15) is 0 Å². The molecule has 2 aromatic rings. The Kier molecular flexibility index (Phi) is 3.09. The van der Waals surface area contributed by atoms with Crippen molar-refractivity contribution in [2.24, 2.45) is 0 Å². The molecule has 86 valence electrons. The first-order chi connectivity index (χ1) is 8.15. The monoisotopic (exact) mass is 231 g/mol. The largest absolute Gasteiger partial charge is 0.322 e. The first kappa shape index (κ1) is 11.2. The minimum atomic E-state index is -0.538. The van der Waals surface area contributed by atoms with Crippen LogP contribution in [0, 0.1) is 12.7 Å². The van der Waals surface area contributed by atoms with E-state index in [9.17, 15) is 9.18 Å². The summed E-state index contributed by atoms with van der Waals surface area (Å²) in [7, 11) is 0. The first-order valence-electron chi connectivity index (χ1n) is 5.00. The number of carbonyl (C=O) groups excluding carboxylic acids is 1. The number of aromatic nitrogens is 2. The van der Waals surface area contributed by atoms with Crippen molar-refractivity contribution in [1.82, 2.24) is 9.97 Å². The zero-order chi connectivity index (χ0) is 12.3. The molecule has 2 rings (SSSR count). The van der Waals surface area contributed by atoms with Crippen LogP contribution in [-0.2, 0) is 0 Å². The fourth-order valence-corrected chi connectivity index (χ4v) is 1.36. The lowest BCUT2D eigenvalue weighted by Crippen LogP contribution is -2.12. The molecule has 0 aliphatic rings. The highest BCUT2D eigenvalue weighted by Gasteiger charge is 2.07. The van der Waals surface area contributed by atoms with E-state index >= 15 is 0 Å². The quantitative estimate of drug-likeness (QED) is 0.861.